The van der Waals surface area contributed by atoms with E-state index in [0.717, 1.165) is 12.8 Å². The summed E-state index contributed by atoms with van der Waals surface area (Å²) < 4.78 is 0. The van der Waals surface area contributed by atoms with E-state index in [9.17, 15) is 14.4 Å². The SMILES string of the molecule is NC(=O)Nc1ccc(C(=O)Nc2cccc(NC(=O)C3CC3)c2)cc1. The van der Waals surface area contributed by atoms with Gasteiger partial charge >= 0.3 is 6.03 Å². The van der Waals surface area contributed by atoms with Crippen molar-refractivity contribution in [2.75, 3.05) is 16.0 Å². The normalized spacial score (nSPS) is 13.0. The summed E-state index contributed by atoms with van der Waals surface area (Å²) >= 11 is 0. The lowest BCUT2D eigenvalue weighted by Gasteiger charge is -2.09. The van der Waals surface area contributed by atoms with Crippen LogP contribution < -0.4 is 21.7 Å². The first-order valence-electron chi connectivity index (χ1n) is 7.90. The average Bonchev–Trinajstić information content (AvgIpc) is 3.40. The maximum Gasteiger partial charge on any atom is 0.316 e. The molecule has 0 radical (unpaired) electrons. The highest BCUT2D eigenvalue weighted by Crippen LogP contribution is 2.30. The first-order valence-corrected chi connectivity index (χ1v) is 7.90. The third-order valence-corrected chi connectivity index (χ3v) is 3.75. The first kappa shape index (κ1) is 16.5. The molecule has 7 nitrogen and oxygen atoms in total. The largest absolute Gasteiger partial charge is 0.351 e. The van der Waals surface area contributed by atoms with E-state index in [2.05, 4.69) is 16.0 Å². The van der Waals surface area contributed by atoms with Gasteiger partial charge in [0, 0.05) is 28.5 Å². The molecule has 3 rings (SSSR count). The van der Waals surface area contributed by atoms with Crippen LogP contribution in [-0.4, -0.2) is 17.8 Å². The standard InChI is InChI=1S/C18H18N4O3/c19-18(25)22-13-8-6-12(7-9-13)17(24)21-15-3-1-2-14(10-15)20-16(23)11-4-5-11/h1-3,6-11H,4-5H2,(H,20,23)(H,21,24)(H3,19,22,25). The number of anilines is 3. The van der Waals surface area contributed by atoms with Crippen molar-refractivity contribution in [3.63, 3.8) is 0 Å². The molecule has 25 heavy (non-hydrogen) atoms. The van der Waals surface area contributed by atoms with E-state index < -0.39 is 6.03 Å². The second-order valence-electron chi connectivity index (χ2n) is 5.87. The van der Waals surface area contributed by atoms with Crippen molar-refractivity contribution in [3.8, 4) is 0 Å². The van der Waals surface area contributed by atoms with Crippen LogP contribution in [0.3, 0.4) is 0 Å². The Labute approximate surface area is 144 Å². The minimum atomic E-state index is -0.665. The van der Waals surface area contributed by atoms with Gasteiger partial charge in [-0.05, 0) is 55.3 Å². The van der Waals surface area contributed by atoms with Crippen LogP contribution in [0.5, 0.6) is 0 Å². The zero-order valence-corrected chi connectivity index (χ0v) is 13.4. The molecule has 2 aromatic carbocycles. The first-order chi connectivity index (χ1) is 12.0. The number of amides is 4. The maximum absolute atomic E-state index is 12.3. The molecular formula is C18H18N4O3. The van der Waals surface area contributed by atoms with Crippen molar-refractivity contribution in [1.82, 2.24) is 0 Å². The van der Waals surface area contributed by atoms with Gasteiger partial charge < -0.3 is 21.7 Å². The molecule has 0 saturated heterocycles. The van der Waals surface area contributed by atoms with E-state index in [4.69, 9.17) is 5.73 Å². The van der Waals surface area contributed by atoms with Gasteiger partial charge in [0.25, 0.3) is 5.91 Å². The van der Waals surface area contributed by atoms with Gasteiger partial charge in [-0.2, -0.15) is 0 Å². The lowest BCUT2D eigenvalue weighted by atomic mass is 10.2. The number of benzene rings is 2. The molecule has 1 aliphatic carbocycles. The third kappa shape index (κ3) is 4.57. The number of carbonyl (C=O) groups is 3. The summed E-state index contributed by atoms with van der Waals surface area (Å²) in [7, 11) is 0. The van der Waals surface area contributed by atoms with Crippen LogP contribution in [0.15, 0.2) is 48.5 Å². The van der Waals surface area contributed by atoms with Gasteiger partial charge in [0.05, 0.1) is 0 Å². The van der Waals surface area contributed by atoms with E-state index in [-0.39, 0.29) is 17.7 Å². The number of nitrogens with one attached hydrogen (secondary N) is 3. The molecule has 0 aliphatic heterocycles. The van der Waals surface area contributed by atoms with E-state index in [1.807, 2.05) is 0 Å². The van der Waals surface area contributed by atoms with Gasteiger partial charge in [-0.25, -0.2) is 4.79 Å². The molecular weight excluding hydrogens is 320 g/mol. The van der Waals surface area contributed by atoms with Crippen molar-refractivity contribution >= 4 is 34.9 Å². The Bertz CT molecular complexity index is 813. The van der Waals surface area contributed by atoms with Crippen LogP contribution in [0.1, 0.15) is 23.2 Å². The summed E-state index contributed by atoms with van der Waals surface area (Å²) in [6, 6.07) is 12.7. The Morgan fingerprint density at radius 1 is 0.840 bits per heavy atom. The smallest absolute Gasteiger partial charge is 0.316 e. The van der Waals surface area contributed by atoms with E-state index in [1.165, 1.54) is 0 Å². The predicted molar refractivity (Wildman–Crippen MR) is 95.4 cm³/mol. The minimum absolute atomic E-state index is 0.0148. The maximum atomic E-state index is 12.3. The average molecular weight is 338 g/mol. The summed E-state index contributed by atoms with van der Waals surface area (Å²) in [5.74, 6) is -0.164. The monoisotopic (exact) mass is 338 g/mol. The number of hydrogen-bond acceptors (Lipinski definition) is 3. The van der Waals surface area contributed by atoms with Gasteiger partial charge in [-0.3, -0.25) is 9.59 Å². The number of hydrogen-bond donors (Lipinski definition) is 4. The fourth-order valence-corrected chi connectivity index (χ4v) is 2.32. The molecule has 0 aromatic heterocycles. The van der Waals surface area contributed by atoms with Crippen LogP contribution in [0.2, 0.25) is 0 Å². The zero-order valence-electron chi connectivity index (χ0n) is 13.4. The number of nitrogens with two attached hydrogens (primary N) is 1. The van der Waals surface area contributed by atoms with Gasteiger partial charge in [-0.15, -0.1) is 0 Å². The van der Waals surface area contributed by atoms with E-state index >= 15 is 0 Å². The second kappa shape index (κ2) is 7.04. The Balaban J connectivity index is 1.63. The summed E-state index contributed by atoms with van der Waals surface area (Å²) in [4.78, 5) is 34.9. The second-order valence-corrected chi connectivity index (χ2v) is 5.87. The van der Waals surface area contributed by atoms with Crippen molar-refractivity contribution in [1.29, 1.82) is 0 Å². The van der Waals surface area contributed by atoms with Gasteiger partial charge in [-0.1, -0.05) is 6.07 Å². The van der Waals surface area contributed by atoms with Crippen molar-refractivity contribution < 1.29 is 14.4 Å². The van der Waals surface area contributed by atoms with Crippen LogP contribution >= 0.6 is 0 Å². The van der Waals surface area contributed by atoms with Crippen LogP contribution in [0, 0.1) is 5.92 Å². The lowest BCUT2D eigenvalue weighted by Crippen LogP contribution is -2.19. The molecule has 5 N–H and O–H groups in total. The minimum Gasteiger partial charge on any atom is -0.351 e. The summed E-state index contributed by atoms with van der Waals surface area (Å²) in [6.07, 6.45) is 1.87. The van der Waals surface area contributed by atoms with Gasteiger partial charge in [0.15, 0.2) is 0 Å². The highest BCUT2D eigenvalue weighted by atomic mass is 16.2. The topological polar surface area (TPSA) is 113 Å². The number of carbonyl (C=O) groups excluding carboxylic acids is 3. The summed E-state index contributed by atoms with van der Waals surface area (Å²) in [5.41, 5.74) is 7.21. The van der Waals surface area contributed by atoms with E-state index in [0.29, 0.717) is 22.6 Å². The molecule has 0 unspecified atom stereocenters. The Morgan fingerprint density at radius 2 is 1.48 bits per heavy atom. The van der Waals surface area contributed by atoms with Gasteiger partial charge in [0.2, 0.25) is 5.91 Å². The number of primary amides is 1. The molecule has 0 spiro atoms. The van der Waals surface area contributed by atoms with Crippen molar-refractivity contribution in [2.24, 2.45) is 11.7 Å². The molecule has 0 atom stereocenters. The molecule has 0 bridgehead atoms. The molecule has 0 heterocycles. The van der Waals surface area contributed by atoms with Crippen LogP contribution in [0.4, 0.5) is 21.9 Å². The molecule has 2 aromatic rings. The Hall–Kier alpha value is -3.35. The highest BCUT2D eigenvalue weighted by Gasteiger charge is 2.29. The van der Waals surface area contributed by atoms with Crippen LogP contribution in [0.25, 0.3) is 0 Å². The number of rotatable bonds is 5. The summed E-state index contributed by atoms with van der Waals surface area (Å²) in [6.45, 7) is 0. The molecule has 128 valence electrons. The molecule has 1 aliphatic rings. The van der Waals surface area contributed by atoms with Crippen molar-refractivity contribution in [2.45, 2.75) is 12.8 Å². The molecule has 7 heteroatoms. The highest BCUT2D eigenvalue weighted by molar-refractivity contribution is 6.05. The van der Waals surface area contributed by atoms with E-state index in [1.54, 1.807) is 48.5 Å². The Kier molecular flexibility index (Phi) is 4.65. The molecule has 1 fully saturated rings. The predicted octanol–water partition coefficient (Wildman–Crippen LogP) is 2.78. The summed E-state index contributed by atoms with van der Waals surface area (Å²) in [5, 5.41) is 8.04. The molecule has 4 amide bonds. The zero-order chi connectivity index (χ0) is 17.8. The fourth-order valence-electron chi connectivity index (χ4n) is 2.32. The van der Waals surface area contributed by atoms with Crippen LogP contribution in [-0.2, 0) is 4.79 Å². The third-order valence-electron chi connectivity index (χ3n) is 3.75. The quantitative estimate of drug-likeness (QED) is 0.672. The lowest BCUT2D eigenvalue weighted by molar-refractivity contribution is -0.117. The Morgan fingerprint density at radius 3 is 2.08 bits per heavy atom. The fraction of sp³-hybridized carbons (Fsp3) is 0.167. The van der Waals surface area contributed by atoms with Crippen molar-refractivity contribution in [3.05, 3.63) is 54.1 Å². The molecule has 1 saturated carbocycles. The number of urea groups is 1. The van der Waals surface area contributed by atoms with Gasteiger partial charge in [0.1, 0.15) is 0 Å².